The second-order valence-electron chi connectivity index (χ2n) is 4.75. The molecule has 0 atom stereocenters. The van der Waals surface area contributed by atoms with Crippen molar-refractivity contribution in [3.63, 3.8) is 0 Å². The topological polar surface area (TPSA) is 24.9 Å². The molecule has 16 heavy (non-hydrogen) atoms. The molecule has 0 aliphatic carbocycles. The lowest BCUT2D eigenvalue weighted by molar-refractivity contribution is 0.521. The van der Waals surface area contributed by atoms with Crippen molar-refractivity contribution in [3.8, 4) is 0 Å². The van der Waals surface area contributed by atoms with Gasteiger partial charge in [0.15, 0.2) is 0 Å². The highest BCUT2D eigenvalue weighted by atomic mass is 32.1. The minimum Gasteiger partial charge on any atom is -0.316 e. The first-order chi connectivity index (χ1) is 7.70. The molecule has 0 amide bonds. The number of hydrogen-bond acceptors (Lipinski definition) is 3. The Labute approximate surface area is 103 Å². The van der Waals surface area contributed by atoms with E-state index in [1.807, 2.05) is 5.51 Å². The molecule has 1 rings (SSSR count). The number of aryl methyl sites for hydroxylation is 1. The van der Waals surface area contributed by atoms with Crippen LogP contribution in [0.4, 0.5) is 0 Å². The molecule has 0 unspecified atom stereocenters. The van der Waals surface area contributed by atoms with Gasteiger partial charge in [0.25, 0.3) is 0 Å². The summed E-state index contributed by atoms with van der Waals surface area (Å²) in [5, 5.41) is 3.50. The van der Waals surface area contributed by atoms with Crippen LogP contribution in [0, 0.1) is 12.8 Å². The number of hydrogen-bond donors (Lipinski definition) is 1. The van der Waals surface area contributed by atoms with E-state index in [1.54, 1.807) is 11.3 Å². The molecule has 0 fully saturated rings. The first-order valence-corrected chi connectivity index (χ1v) is 7.17. The molecule has 0 bridgehead atoms. The molecule has 1 heterocycles. The van der Waals surface area contributed by atoms with Crippen molar-refractivity contribution in [1.29, 1.82) is 0 Å². The van der Waals surface area contributed by atoms with Gasteiger partial charge in [0.05, 0.1) is 11.2 Å². The Bertz CT molecular complexity index is 281. The Kier molecular flexibility index (Phi) is 6.65. The maximum Gasteiger partial charge on any atom is 0.0797 e. The highest BCUT2D eigenvalue weighted by Crippen LogP contribution is 2.11. The quantitative estimate of drug-likeness (QED) is 0.704. The number of thiazole rings is 1. The van der Waals surface area contributed by atoms with Crippen molar-refractivity contribution in [2.45, 2.75) is 46.5 Å². The fourth-order valence-corrected chi connectivity index (χ4v) is 2.48. The van der Waals surface area contributed by atoms with Gasteiger partial charge in [-0.15, -0.1) is 11.3 Å². The van der Waals surface area contributed by atoms with Crippen molar-refractivity contribution in [3.05, 3.63) is 16.1 Å². The van der Waals surface area contributed by atoms with Crippen molar-refractivity contribution < 1.29 is 0 Å². The molecule has 0 spiro atoms. The molecule has 0 radical (unpaired) electrons. The summed E-state index contributed by atoms with van der Waals surface area (Å²) in [7, 11) is 0. The van der Waals surface area contributed by atoms with Gasteiger partial charge in [0.1, 0.15) is 0 Å². The molecule has 1 aromatic rings. The lowest BCUT2D eigenvalue weighted by Gasteiger charge is -2.05. The minimum absolute atomic E-state index is 0.847. The summed E-state index contributed by atoms with van der Waals surface area (Å²) in [4.78, 5) is 5.68. The van der Waals surface area contributed by atoms with Crippen LogP contribution in [0.15, 0.2) is 5.51 Å². The number of unbranched alkanes of at least 4 members (excludes halogenated alkanes) is 1. The van der Waals surface area contributed by atoms with E-state index in [-0.39, 0.29) is 0 Å². The summed E-state index contributed by atoms with van der Waals surface area (Å²) < 4.78 is 0. The molecular formula is C13H24N2S. The standard InChI is InChI=1S/C13H24N2S/c1-11(2)6-4-5-8-14-9-7-13-12(3)15-10-16-13/h10-11,14H,4-9H2,1-3H3. The van der Waals surface area contributed by atoms with E-state index in [4.69, 9.17) is 0 Å². The summed E-state index contributed by atoms with van der Waals surface area (Å²) >= 11 is 1.77. The highest BCUT2D eigenvalue weighted by Gasteiger charge is 2.00. The van der Waals surface area contributed by atoms with Crippen LogP contribution < -0.4 is 5.32 Å². The zero-order chi connectivity index (χ0) is 11.8. The molecule has 92 valence electrons. The molecule has 0 saturated heterocycles. The van der Waals surface area contributed by atoms with E-state index in [9.17, 15) is 0 Å². The van der Waals surface area contributed by atoms with E-state index in [0.717, 1.165) is 25.4 Å². The van der Waals surface area contributed by atoms with Crippen LogP contribution in [-0.4, -0.2) is 18.1 Å². The Morgan fingerprint density at radius 2 is 2.12 bits per heavy atom. The van der Waals surface area contributed by atoms with E-state index in [2.05, 4.69) is 31.1 Å². The Morgan fingerprint density at radius 1 is 1.31 bits per heavy atom. The zero-order valence-electron chi connectivity index (χ0n) is 10.8. The monoisotopic (exact) mass is 240 g/mol. The van der Waals surface area contributed by atoms with Gasteiger partial charge in [-0.1, -0.05) is 26.7 Å². The predicted octanol–water partition coefficient (Wildman–Crippen LogP) is 3.41. The van der Waals surface area contributed by atoms with E-state index >= 15 is 0 Å². The zero-order valence-corrected chi connectivity index (χ0v) is 11.6. The summed E-state index contributed by atoms with van der Waals surface area (Å²) in [5.41, 5.74) is 3.14. The molecule has 0 aliphatic heterocycles. The molecule has 0 aliphatic rings. The average Bonchev–Trinajstić information content (AvgIpc) is 2.62. The summed E-state index contributed by atoms with van der Waals surface area (Å²) in [6, 6.07) is 0. The number of nitrogens with one attached hydrogen (secondary N) is 1. The third kappa shape index (κ3) is 5.61. The van der Waals surface area contributed by atoms with Gasteiger partial charge in [-0.3, -0.25) is 0 Å². The van der Waals surface area contributed by atoms with Gasteiger partial charge in [0.2, 0.25) is 0 Å². The number of rotatable bonds is 8. The fraction of sp³-hybridized carbons (Fsp3) is 0.769. The van der Waals surface area contributed by atoms with Crippen LogP contribution in [0.1, 0.15) is 43.7 Å². The van der Waals surface area contributed by atoms with Gasteiger partial charge in [-0.25, -0.2) is 4.98 Å². The maximum atomic E-state index is 4.26. The van der Waals surface area contributed by atoms with Crippen LogP contribution in [0.2, 0.25) is 0 Å². The maximum absolute atomic E-state index is 4.26. The lowest BCUT2D eigenvalue weighted by atomic mass is 10.1. The molecular weight excluding hydrogens is 216 g/mol. The predicted molar refractivity (Wildman–Crippen MR) is 72.1 cm³/mol. The number of nitrogens with zero attached hydrogens (tertiary/aromatic N) is 1. The third-order valence-electron chi connectivity index (χ3n) is 2.76. The van der Waals surface area contributed by atoms with Crippen molar-refractivity contribution in [1.82, 2.24) is 10.3 Å². The molecule has 3 heteroatoms. The van der Waals surface area contributed by atoms with Gasteiger partial charge < -0.3 is 5.32 Å². The molecule has 1 N–H and O–H groups in total. The van der Waals surface area contributed by atoms with Crippen LogP contribution >= 0.6 is 11.3 Å². The highest BCUT2D eigenvalue weighted by molar-refractivity contribution is 7.09. The Balaban J connectivity index is 1.94. The molecule has 2 nitrogen and oxygen atoms in total. The van der Waals surface area contributed by atoms with E-state index < -0.39 is 0 Å². The summed E-state index contributed by atoms with van der Waals surface area (Å²) in [6.07, 6.45) is 5.14. The number of aromatic nitrogens is 1. The van der Waals surface area contributed by atoms with E-state index in [1.165, 1.54) is 29.8 Å². The minimum atomic E-state index is 0.847. The first kappa shape index (κ1) is 13.7. The smallest absolute Gasteiger partial charge is 0.0797 e. The first-order valence-electron chi connectivity index (χ1n) is 6.30. The van der Waals surface area contributed by atoms with Gasteiger partial charge in [-0.2, -0.15) is 0 Å². The van der Waals surface area contributed by atoms with Crippen molar-refractivity contribution in [2.75, 3.05) is 13.1 Å². The second kappa shape index (κ2) is 7.80. The van der Waals surface area contributed by atoms with Gasteiger partial charge >= 0.3 is 0 Å². The summed E-state index contributed by atoms with van der Waals surface area (Å²) in [6.45, 7) is 8.92. The van der Waals surface area contributed by atoms with Gasteiger partial charge in [0, 0.05) is 11.4 Å². The van der Waals surface area contributed by atoms with Crippen LogP contribution in [0.5, 0.6) is 0 Å². The average molecular weight is 240 g/mol. The largest absolute Gasteiger partial charge is 0.316 e. The Morgan fingerprint density at radius 3 is 2.75 bits per heavy atom. The van der Waals surface area contributed by atoms with Crippen LogP contribution in [-0.2, 0) is 6.42 Å². The third-order valence-corrected chi connectivity index (χ3v) is 3.75. The van der Waals surface area contributed by atoms with Crippen LogP contribution in [0.25, 0.3) is 0 Å². The Hall–Kier alpha value is -0.410. The SMILES string of the molecule is Cc1ncsc1CCNCCCCC(C)C. The van der Waals surface area contributed by atoms with Gasteiger partial charge in [-0.05, 0) is 32.2 Å². The van der Waals surface area contributed by atoms with E-state index in [0.29, 0.717) is 0 Å². The molecule has 0 aromatic carbocycles. The normalized spacial score (nSPS) is 11.2. The fourth-order valence-electron chi connectivity index (χ4n) is 1.70. The molecule has 1 aromatic heterocycles. The van der Waals surface area contributed by atoms with Crippen molar-refractivity contribution >= 4 is 11.3 Å². The molecule has 0 saturated carbocycles. The summed E-state index contributed by atoms with van der Waals surface area (Å²) in [5.74, 6) is 0.847. The van der Waals surface area contributed by atoms with Crippen molar-refractivity contribution in [2.24, 2.45) is 5.92 Å². The lowest BCUT2D eigenvalue weighted by Crippen LogP contribution is -2.18. The second-order valence-corrected chi connectivity index (χ2v) is 5.69. The van der Waals surface area contributed by atoms with Crippen LogP contribution in [0.3, 0.4) is 0 Å².